The summed E-state index contributed by atoms with van der Waals surface area (Å²) in [6.45, 7) is 0. The summed E-state index contributed by atoms with van der Waals surface area (Å²) in [6, 6.07) is 37.7. The van der Waals surface area contributed by atoms with Crippen LogP contribution in [0.1, 0.15) is 6.85 Å². The molecule has 0 radical (unpaired) electrons. The standard InChI is InChI=1S/C36H24/c1-3-13-25(14-4-1)28-23-27-17-7-8-18-29(27)34(24-28)36-32-21-11-9-19-30(32)35(26-15-5-2-6-16-26)31-20-10-12-22-33(31)36/h1-24H/i2D,5D,6D,15D,16D. The van der Waals surface area contributed by atoms with Crippen molar-refractivity contribution in [2.75, 3.05) is 0 Å². The van der Waals surface area contributed by atoms with Crippen LogP contribution in [0.4, 0.5) is 0 Å². The monoisotopic (exact) mass is 461 g/mol. The summed E-state index contributed by atoms with van der Waals surface area (Å²) >= 11 is 0. The van der Waals surface area contributed by atoms with Crippen LogP contribution in [0.5, 0.6) is 0 Å². The average Bonchev–Trinajstić information content (AvgIpc) is 3.02. The molecular formula is C36H24. The molecule has 0 aliphatic rings. The second-order valence-electron chi connectivity index (χ2n) is 8.95. The fourth-order valence-electron chi connectivity index (χ4n) is 5.38. The Morgan fingerprint density at radius 2 is 0.917 bits per heavy atom. The van der Waals surface area contributed by atoms with Gasteiger partial charge in [0.2, 0.25) is 0 Å². The molecule has 0 amide bonds. The van der Waals surface area contributed by atoms with Gasteiger partial charge in [-0.3, -0.25) is 0 Å². The van der Waals surface area contributed by atoms with Gasteiger partial charge in [-0.15, -0.1) is 0 Å². The number of hydrogen-bond donors (Lipinski definition) is 0. The minimum Gasteiger partial charge on any atom is -0.0622 e. The Kier molecular flexibility index (Phi) is 3.80. The van der Waals surface area contributed by atoms with Gasteiger partial charge in [-0.25, -0.2) is 0 Å². The highest BCUT2D eigenvalue weighted by molar-refractivity contribution is 6.23. The van der Waals surface area contributed by atoms with Gasteiger partial charge in [0.15, 0.2) is 0 Å². The molecule has 0 spiro atoms. The summed E-state index contributed by atoms with van der Waals surface area (Å²) in [5, 5.41) is 5.86. The van der Waals surface area contributed by atoms with E-state index in [0.29, 0.717) is 5.56 Å². The van der Waals surface area contributed by atoms with Gasteiger partial charge >= 0.3 is 0 Å². The van der Waals surface area contributed by atoms with Gasteiger partial charge < -0.3 is 0 Å². The Bertz CT molecular complexity index is 2060. The molecule has 7 aromatic rings. The molecule has 0 aliphatic carbocycles. The quantitative estimate of drug-likeness (QED) is 0.230. The highest BCUT2D eigenvalue weighted by atomic mass is 14.2. The molecule has 0 nitrogen and oxygen atoms in total. The molecule has 0 saturated carbocycles. The Morgan fingerprint density at radius 3 is 1.56 bits per heavy atom. The van der Waals surface area contributed by atoms with Gasteiger partial charge in [0, 0.05) is 0 Å². The second kappa shape index (κ2) is 8.52. The Balaban J connectivity index is 1.68. The van der Waals surface area contributed by atoms with Gasteiger partial charge in [-0.2, -0.15) is 0 Å². The van der Waals surface area contributed by atoms with Crippen molar-refractivity contribution in [3.05, 3.63) is 145 Å². The molecule has 0 unspecified atom stereocenters. The molecule has 0 bridgehead atoms. The van der Waals surface area contributed by atoms with E-state index in [4.69, 9.17) is 6.85 Å². The van der Waals surface area contributed by atoms with Gasteiger partial charge in [-0.1, -0.05) is 133 Å². The maximum atomic E-state index is 8.80. The van der Waals surface area contributed by atoms with Gasteiger partial charge in [-0.05, 0) is 77.8 Å². The van der Waals surface area contributed by atoms with E-state index >= 15 is 0 Å². The van der Waals surface area contributed by atoms with Gasteiger partial charge in [0.05, 0.1) is 6.85 Å². The molecule has 0 saturated heterocycles. The van der Waals surface area contributed by atoms with Gasteiger partial charge in [0.25, 0.3) is 0 Å². The highest BCUT2D eigenvalue weighted by Gasteiger charge is 2.18. The SMILES string of the molecule is [2H]c1c([2H])c([2H])c(-c2c3ccccc3c(-c3cc(-c4ccccc4)cc4ccccc34)c3ccccc23)c([2H])c1[2H]. The first-order valence-electron chi connectivity index (χ1n) is 14.5. The molecule has 0 aliphatic heterocycles. The normalized spacial score (nSPS) is 13.3. The lowest BCUT2D eigenvalue weighted by atomic mass is 9.84. The zero-order chi connectivity index (χ0) is 28.2. The summed E-state index contributed by atoms with van der Waals surface area (Å²) < 4.78 is 42.5. The zero-order valence-corrected chi connectivity index (χ0v) is 19.5. The van der Waals surface area contributed by atoms with Crippen LogP contribution in [0.2, 0.25) is 0 Å². The fraction of sp³-hybridized carbons (Fsp3) is 0. The smallest absolute Gasteiger partial charge is 0.0622 e. The van der Waals surface area contributed by atoms with Crippen LogP contribution in [-0.2, 0) is 0 Å². The van der Waals surface area contributed by atoms with E-state index in [1.165, 1.54) is 0 Å². The molecule has 0 aromatic heterocycles. The molecule has 0 atom stereocenters. The zero-order valence-electron chi connectivity index (χ0n) is 24.5. The van der Waals surface area contributed by atoms with Crippen molar-refractivity contribution in [2.45, 2.75) is 0 Å². The van der Waals surface area contributed by atoms with E-state index in [9.17, 15) is 0 Å². The summed E-state index contributed by atoms with van der Waals surface area (Å²) in [4.78, 5) is 0. The van der Waals surface area contributed by atoms with E-state index in [0.717, 1.165) is 54.6 Å². The van der Waals surface area contributed by atoms with Crippen molar-refractivity contribution in [1.29, 1.82) is 0 Å². The van der Waals surface area contributed by atoms with Crippen molar-refractivity contribution < 1.29 is 6.85 Å². The molecule has 0 heterocycles. The van der Waals surface area contributed by atoms with E-state index < -0.39 is 6.04 Å². The van der Waals surface area contributed by atoms with E-state index in [1.807, 2.05) is 54.6 Å². The first-order valence-corrected chi connectivity index (χ1v) is 12.0. The van der Waals surface area contributed by atoms with Gasteiger partial charge in [0.1, 0.15) is 0 Å². The Morgan fingerprint density at radius 1 is 0.389 bits per heavy atom. The maximum absolute atomic E-state index is 8.80. The minimum atomic E-state index is -0.391. The predicted octanol–water partition coefficient (Wildman–Crippen LogP) is 10.1. The summed E-state index contributed by atoms with van der Waals surface area (Å²) in [6.07, 6.45) is 0. The largest absolute Gasteiger partial charge is 0.0629 e. The van der Waals surface area contributed by atoms with Crippen molar-refractivity contribution in [2.24, 2.45) is 0 Å². The minimum absolute atomic E-state index is 0.199. The van der Waals surface area contributed by atoms with Crippen LogP contribution in [0.25, 0.3) is 65.7 Å². The Labute approximate surface area is 218 Å². The van der Waals surface area contributed by atoms with Crippen LogP contribution in [0, 0.1) is 0 Å². The van der Waals surface area contributed by atoms with Crippen LogP contribution in [0.15, 0.2) is 145 Å². The van der Waals surface area contributed by atoms with Crippen molar-refractivity contribution in [1.82, 2.24) is 0 Å². The lowest BCUT2D eigenvalue weighted by Crippen LogP contribution is -1.92. The predicted molar refractivity (Wildman–Crippen MR) is 155 cm³/mol. The number of hydrogen-bond acceptors (Lipinski definition) is 0. The first-order chi connectivity index (χ1) is 20.0. The number of fused-ring (bicyclic) bond motifs is 3. The van der Waals surface area contributed by atoms with E-state index in [2.05, 4.69) is 60.7 Å². The molecule has 7 rings (SSSR count). The van der Waals surface area contributed by atoms with Crippen molar-refractivity contribution in [3.8, 4) is 33.4 Å². The molecule has 168 valence electrons. The van der Waals surface area contributed by atoms with E-state index in [1.54, 1.807) is 0 Å². The lowest BCUT2D eigenvalue weighted by Gasteiger charge is -2.19. The molecule has 0 fully saturated rings. The third-order valence-corrected chi connectivity index (χ3v) is 6.92. The molecular weight excluding hydrogens is 432 g/mol. The topological polar surface area (TPSA) is 0 Å². The van der Waals surface area contributed by atoms with Crippen LogP contribution in [-0.4, -0.2) is 0 Å². The second-order valence-corrected chi connectivity index (χ2v) is 8.95. The van der Waals surface area contributed by atoms with Crippen molar-refractivity contribution >= 4 is 32.3 Å². The van der Waals surface area contributed by atoms with Crippen LogP contribution in [0.3, 0.4) is 0 Å². The number of benzene rings is 7. The summed E-state index contributed by atoms with van der Waals surface area (Å²) in [5.41, 5.74) is 5.26. The Hall–Kier alpha value is -4.68. The molecule has 7 aromatic carbocycles. The maximum Gasteiger partial charge on any atom is 0.0629 e. The van der Waals surface area contributed by atoms with E-state index in [-0.39, 0.29) is 29.7 Å². The average molecular weight is 462 g/mol. The highest BCUT2D eigenvalue weighted by Crippen LogP contribution is 2.46. The third-order valence-electron chi connectivity index (χ3n) is 6.92. The van der Waals surface area contributed by atoms with Crippen molar-refractivity contribution in [3.63, 3.8) is 0 Å². The first kappa shape index (κ1) is 16.1. The van der Waals surface area contributed by atoms with Crippen LogP contribution >= 0.6 is 0 Å². The molecule has 0 N–H and O–H groups in total. The number of rotatable bonds is 3. The van der Waals surface area contributed by atoms with Crippen LogP contribution < -0.4 is 0 Å². The molecule has 36 heavy (non-hydrogen) atoms. The fourth-order valence-corrected chi connectivity index (χ4v) is 5.38. The summed E-state index contributed by atoms with van der Waals surface area (Å²) in [5.74, 6) is 0. The third kappa shape index (κ3) is 3.31. The lowest BCUT2D eigenvalue weighted by molar-refractivity contribution is 1.63. The summed E-state index contributed by atoms with van der Waals surface area (Å²) in [7, 11) is 0. The molecule has 0 heteroatoms.